The molecule has 0 bridgehead atoms. The van der Waals surface area contributed by atoms with E-state index < -0.39 is 0 Å². The smallest absolute Gasteiger partial charge is 0.0467 e. The molecule has 1 heterocycles. The number of methoxy groups -OCH3 is 1. The molecule has 0 radical (unpaired) electrons. The van der Waals surface area contributed by atoms with Crippen LogP contribution in [0.1, 0.15) is 52.9 Å². The molecule has 0 aromatic heterocycles. The molecule has 3 nitrogen and oxygen atoms in total. The lowest BCUT2D eigenvalue weighted by molar-refractivity contribution is 0.140. The zero-order chi connectivity index (χ0) is 14.2. The number of ether oxygens (including phenoxy) is 1. The summed E-state index contributed by atoms with van der Waals surface area (Å²) in [7, 11) is 1.79. The van der Waals surface area contributed by atoms with Crippen LogP contribution in [0.15, 0.2) is 0 Å². The van der Waals surface area contributed by atoms with E-state index in [-0.39, 0.29) is 0 Å². The molecule has 3 heteroatoms. The Morgan fingerprint density at radius 2 is 2.16 bits per heavy atom. The highest BCUT2D eigenvalue weighted by Gasteiger charge is 2.31. The number of nitrogens with one attached hydrogen (secondary N) is 2. The van der Waals surface area contributed by atoms with Crippen LogP contribution in [0.2, 0.25) is 0 Å². The SMILES string of the molecule is CCCC1(CNCC(C)(C)CCOC)CCCNC1. The Hall–Kier alpha value is -0.120. The zero-order valence-corrected chi connectivity index (χ0v) is 13.5. The molecule has 1 rings (SSSR count). The Kier molecular flexibility index (Phi) is 7.33. The van der Waals surface area contributed by atoms with Gasteiger partial charge in [-0.05, 0) is 43.1 Å². The van der Waals surface area contributed by atoms with E-state index in [2.05, 4.69) is 31.4 Å². The largest absolute Gasteiger partial charge is 0.385 e. The first-order valence-corrected chi connectivity index (χ1v) is 7.94. The van der Waals surface area contributed by atoms with E-state index in [1.807, 2.05) is 0 Å². The highest BCUT2D eigenvalue weighted by atomic mass is 16.5. The minimum absolute atomic E-state index is 0.325. The van der Waals surface area contributed by atoms with Gasteiger partial charge in [0.25, 0.3) is 0 Å². The van der Waals surface area contributed by atoms with Crippen LogP contribution in [0.3, 0.4) is 0 Å². The summed E-state index contributed by atoms with van der Waals surface area (Å²) in [6, 6.07) is 0. The quantitative estimate of drug-likeness (QED) is 0.676. The summed E-state index contributed by atoms with van der Waals surface area (Å²) in [5, 5.41) is 7.32. The lowest BCUT2D eigenvalue weighted by Crippen LogP contribution is -2.47. The molecule has 0 amide bonds. The molecule has 1 aliphatic rings. The van der Waals surface area contributed by atoms with E-state index in [0.717, 1.165) is 26.1 Å². The Bertz CT molecular complexity index is 229. The fraction of sp³-hybridized carbons (Fsp3) is 1.00. The molecular formula is C16H34N2O. The van der Waals surface area contributed by atoms with Crippen molar-refractivity contribution in [2.45, 2.75) is 52.9 Å². The van der Waals surface area contributed by atoms with Crippen LogP contribution in [0.4, 0.5) is 0 Å². The Labute approximate surface area is 119 Å². The van der Waals surface area contributed by atoms with Crippen LogP contribution < -0.4 is 10.6 Å². The van der Waals surface area contributed by atoms with E-state index in [1.165, 1.54) is 38.8 Å². The molecule has 1 fully saturated rings. The van der Waals surface area contributed by atoms with Gasteiger partial charge in [-0.15, -0.1) is 0 Å². The highest BCUT2D eigenvalue weighted by Crippen LogP contribution is 2.31. The van der Waals surface area contributed by atoms with E-state index in [1.54, 1.807) is 7.11 Å². The fourth-order valence-electron chi connectivity index (χ4n) is 3.15. The minimum atomic E-state index is 0.325. The number of hydrogen-bond donors (Lipinski definition) is 2. The van der Waals surface area contributed by atoms with Crippen molar-refractivity contribution in [2.75, 3.05) is 39.9 Å². The Morgan fingerprint density at radius 1 is 1.37 bits per heavy atom. The van der Waals surface area contributed by atoms with Crippen molar-refractivity contribution >= 4 is 0 Å². The summed E-state index contributed by atoms with van der Waals surface area (Å²) in [4.78, 5) is 0. The number of rotatable bonds is 9. The van der Waals surface area contributed by atoms with Crippen LogP contribution >= 0.6 is 0 Å². The van der Waals surface area contributed by atoms with E-state index in [4.69, 9.17) is 4.74 Å². The predicted molar refractivity (Wildman–Crippen MR) is 82.6 cm³/mol. The van der Waals surface area contributed by atoms with Crippen molar-refractivity contribution in [2.24, 2.45) is 10.8 Å². The molecule has 1 atom stereocenters. The second-order valence-corrected chi connectivity index (χ2v) is 7.04. The summed E-state index contributed by atoms with van der Waals surface area (Å²) in [6.45, 7) is 12.4. The lowest BCUT2D eigenvalue weighted by Gasteiger charge is -2.39. The third-order valence-electron chi connectivity index (χ3n) is 4.43. The van der Waals surface area contributed by atoms with Gasteiger partial charge in [-0.1, -0.05) is 27.2 Å². The number of hydrogen-bond acceptors (Lipinski definition) is 3. The Morgan fingerprint density at radius 3 is 2.74 bits per heavy atom. The first-order valence-electron chi connectivity index (χ1n) is 7.94. The molecule has 0 spiro atoms. The molecule has 0 saturated carbocycles. The standard InChI is InChI=1S/C16H34N2O/c1-5-7-16(8-6-10-17-13-16)14-18-12-15(2,3)9-11-19-4/h17-18H,5-14H2,1-4H3. The van der Waals surface area contributed by atoms with Gasteiger partial charge in [-0.25, -0.2) is 0 Å². The second-order valence-electron chi connectivity index (χ2n) is 7.04. The van der Waals surface area contributed by atoms with Crippen LogP contribution in [-0.4, -0.2) is 39.9 Å². The van der Waals surface area contributed by atoms with E-state index in [9.17, 15) is 0 Å². The summed E-state index contributed by atoms with van der Waals surface area (Å²) in [5.41, 5.74) is 0.815. The summed E-state index contributed by atoms with van der Waals surface area (Å²) >= 11 is 0. The fourth-order valence-corrected chi connectivity index (χ4v) is 3.15. The van der Waals surface area contributed by atoms with Gasteiger partial charge in [0.2, 0.25) is 0 Å². The maximum absolute atomic E-state index is 5.19. The van der Waals surface area contributed by atoms with Gasteiger partial charge in [-0.3, -0.25) is 0 Å². The predicted octanol–water partition coefficient (Wildman–Crippen LogP) is 2.81. The molecule has 1 aliphatic heterocycles. The molecule has 2 N–H and O–H groups in total. The van der Waals surface area contributed by atoms with Gasteiger partial charge in [0.05, 0.1) is 0 Å². The monoisotopic (exact) mass is 270 g/mol. The van der Waals surface area contributed by atoms with Crippen LogP contribution in [0.25, 0.3) is 0 Å². The van der Waals surface area contributed by atoms with Crippen LogP contribution in [-0.2, 0) is 4.74 Å². The molecular weight excluding hydrogens is 236 g/mol. The maximum Gasteiger partial charge on any atom is 0.0467 e. The third kappa shape index (κ3) is 6.24. The molecule has 114 valence electrons. The van der Waals surface area contributed by atoms with Gasteiger partial charge in [0.1, 0.15) is 0 Å². The van der Waals surface area contributed by atoms with Crippen LogP contribution in [0, 0.1) is 10.8 Å². The zero-order valence-electron chi connectivity index (χ0n) is 13.5. The first kappa shape index (κ1) is 16.9. The molecule has 0 aromatic carbocycles. The van der Waals surface area contributed by atoms with Crippen molar-refractivity contribution in [1.82, 2.24) is 10.6 Å². The maximum atomic E-state index is 5.19. The van der Waals surface area contributed by atoms with Gasteiger partial charge in [-0.2, -0.15) is 0 Å². The van der Waals surface area contributed by atoms with Gasteiger partial charge in [0, 0.05) is 33.4 Å². The molecule has 1 saturated heterocycles. The summed E-state index contributed by atoms with van der Waals surface area (Å²) in [5.74, 6) is 0. The first-order chi connectivity index (χ1) is 9.04. The average molecular weight is 270 g/mol. The van der Waals surface area contributed by atoms with E-state index in [0.29, 0.717) is 10.8 Å². The third-order valence-corrected chi connectivity index (χ3v) is 4.43. The van der Waals surface area contributed by atoms with Crippen molar-refractivity contribution in [3.63, 3.8) is 0 Å². The Balaban J connectivity index is 2.35. The van der Waals surface area contributed by atoms with Crippen molar-refractivity contribution in [3.8, 4) is 0 Å². The highest BCUT2D eigenvalue weighted by molar-refractivity contribution is 4.88. The van der Waals surface area contributed by atoms with Gasteiger partial charge < -0.3 is 15.4 Å². The summed E-state index contributed by atoms with van der Waals surface area (Å²) in [6.07, 6.45) is 6.45. The molecule has 19 heavy (non-hydrogen) atoms. The van der Waals surface area contributed by atoms with Gasteiger partial charge >= 0.3 is 0 Å². The van der Waals surface area contributed by atoms with Crippen molar-refractivity contribution in [3.05, 3.63) is 0 Å². The second kappa shape index (κ2) is 8.23. The number of piperidine rings is 1. The molecule has 0 aliphatic carbocycles. The lowest BCUT2D eigenvalue weighted by atomic mass is 9.76. The molecule has 0 aromatic rings. The average Bonchev–Trinajstić information content (AvgIpc) is 2.38. The minimum Gasteiger partial charge on any atom is -0.385 e. The van der Waals surface area contributed by atoms with E-state index >= 15 is 0 Å². The van der Waals surface area contributed by atoms with Gasteiger partial charge in [0.15, 0.2) is 0 Å². The normalized spacial score (nSPS) is 24.6. The van der Waals surface area contributed by atoms with Crippen molar-refractivity contribution in [1.29, 1.82) is 0 Å². The van der Waals surface area contributed by atoms with Crippen LogP contribution in [0.5, 0.6) is 0 Å². The topological polar surface area (TPSA) is 33.3 Å². The van der Waals surface area contributed by atoms with Crippen molar-refractivity contribution < 1.29 is 4.74 Å². The summed E-state index contributed by atoms with van der Waals surface area (Å²) < 4.78 is 5.19. The molecule has 1 unspecified atom stereocenters.